The summed E-state index contributed by atoms with van der Waals surface area (Å²) in [4.78, 5) is 22.5. The number of hydrogen-bond donors (Lipinski definition) is 0. The van der Waals surface area contributed by atoms with Crippen molar-refractivity contribution in [1.29, 1.82) is 0 Å². The second-order valence-electron chi connectivity index (χ2n) is 6.00. The maximum Gasteiger partial charge on any atom is 0.139 e. The highest BCUT2D eigenvalue weighted by atomic mass is 16.5. The number of pyridine rings is 2. The van der Waals surface area contributed by atoms with E-state index in [0.29, 0.717) is 24.4 Å². The fourth-order valence-corrected chi connectivity index (χ4v) is 3.43. The molecule has 0 aliphatic carbocycles. The van der Waals surface area contributed by atoms with Crippen molar-refractivity contribution in [2.45, 2.75) is 6.04 Å². The molecule has 1 unspecified atom stereocenters. The van der Waals surface area contributed by atoms with Crippen LogP contribution in [0.1, 0.15) is 17.2 Å². The lowest BCUT2D eigenvalue weighted by molar-refractivity contribution is 0.0240. The zero-order valence-electron chi connectivity index (χ0n) is 13.7. The van der Waals surface area contributed by atoms with E-state index in [4.69, 9.17) is 4.74 Å². The van der Waals surface area contributed by atoms with Gasteiger partial charge in [-0.1, -0.05) is 18.2 Å². The maximum atomic E-state index is 11.7. The number of ether oxygens (including phenoxy) is 1. The summed E-state index contributed by atoms with van der Waals surface area (Å²) in [6.45, 7) is 2.95. The Kier molecular flexibility index (Phi) is 4.45. The van der Waals surface area contributed by atoms with Gasteiger partial charge in [0.05, 0.1) is 24.8 Å². The second kappa shape index (κ2) is 7.04. The van der Waals surface area contributed by atoms with Crippen LogP contribution in [0.15, 0.2) is 60.2 Å². The van der Waals surface area contributed by atoms with Crippen molar-refractivity contribution in [3.05, 3.63) is 71.0 Å². The van der Waals surface area contributed by atoms with Crippen molar-refractivity contribution in [2.24, 2.45) is 5.18 Å². The van der Waals surface area contributed by atoms with E-state index in [2.05, 4.69) is 20.0 Å². The van der Waals surface area contributed by atoms with Crippen molar-refractivity contribution in [3.63, 3.8) is 0 Å². The van der Waals surface area contributed by atoms with Crippen molar-refractivity contribution in [3.8, 4) is 0 Å². The second-order valence-corrected chi connectivity index (χ2v) is 6.00. The topological polar surface area (TPSA) is 67.7 Å². The van der Waals surface area contributed by atoms with Crippen molar-refractivity contribution >= 4 is 16.6 Å². The standard InChI is InChI=1S/C19H18N4O2/c24-22-18-16(4-3-14-2-1-7-21-17(14)18)19(15-5-8-20-9-6-15)23-10-12-25-13-11-23/h1-9,19H,10-13H2. The van der Waals surface area contributed by atoms with Crippen LogP contribution in [0.2, 0.25) is 0 Å². The number of nitroso groups, excluding NO2 is 1. The summed E-state index contributed by atoms with van der Waals surface area (Å²) in [5, 5.41) is 4.27. The Morgan fingerprint density at radius 2 is 1.84 bits per heavy atom. The predicted octanol–water partition coefficient (Wildman–Crippen LogP) is 3.45. The van der Waals surface area contributed by atoms with Gasteiger partial charge in [0.15, 0.2) is 0 Å². The highest BCUT2D eigenvalue weighted by Gasteiger charge is 2.27. The first-order chi connectivity index (χ1) is 12.4. The van der Waals surface area contributed by atoms with Crippen molar-refractivity contribution in [1.82, 2.24) is 14.9 Å². The molecular formula is C19H18N4O2. The van der Waals surface area contributed by atoms with E-state index in [-0.39, 0.29) is 6.04 Å². The fourth-order valence-electron chi connectivity index (χ4n) is 3.43. The van der Waals surface area contributed by atoms with Crippen LogP contribution in [0.25, 0.3) is 10.9 Å². The number of morpholine rings is 1. The van der Waals surface area contributed by atoms with Gasteiger partial charge in [0.1, 0.15) is 5.69 Å². The largest absolute Gasteiger partial charge is 0.379 e. The summed E-state index contributed by atoms with van der Waals surface area (Å²) in [7, 11) is 0. The van der Waals surface area contributed by atoms with Crippen LogP contribution in [0.4, 0.5) is 5.69 Å². The number of rotatable bonds is 4. The van der Waals surface area contributed by atoms with Gasteiger partial charge >= 0.3 is 0 Å². The van der Waals surface area contributed by atoms with Gasteiger partial charge < -0.3 is 4.74 Å². The lowest BCUT2D eigenvalue weighted by Gasteiger charge is -2.35. The van der Waals surface area contributed by atoms with E-state index in [1.165, 1.54) is 0 Å². The molecule has 2 aromatic heterocycles. The van der Waals surface area contributed by atoms with Gasteiger partial charge in [-0.15, -0.1) is 4.91 Å². The molecule has 0 N–H and O–H groups in total. The molecule has 1 saturated heterocycles. The van der Waals surface area contributed by atoms with E-state index in [1.54, 1.807) is 18.6 Å². The molecule has 4 rings (SSSR count). The molecule has 126 valence electrons. The number of hydrogen-bond acceptors (Lipinski definition) is 6. The molecule has 1 atom stereocenters. The summed E-state index contributed by atoms with van der Waals surface area (Å²) in [5.74, 6) is 0. The minimum absolute atomic E-state index is 0.0778. The first kappa shape index (κ1) is 15.8. The number of fused-ring (bicyclic) bond motifs is 1. The van der Waals surface area contributed by atoms with Crippen LogP contribution in [0, 0.1) is 4.91 Å². The van der Waals surface area contributed by atoms with Crippen LogP contribution in [0.3, 0.4) is 0 Å². The molecule has 0 bridgehead atoms. The van der Waals surface area contributed by atoms with Crippen LogP contribution < -0.4 is 0 Å². The highest BCUT2D eigenvalue weighted by molar-refractivity contribution is 5.90. The molecule has 1 fully saturated rings. The molecule has 1 aliphatic rings. The Labute approximate surface area is 145 Å². The smallest absolute Gasteiger partial charge is 0.139 e. The third kappa shape index (κ3) is 3.01. The molecule has 0 spiro atoms. The van der Waals surface area contributed by atoms with Gasteiger partial charge in [0.25, 0.3) is 0 Å². The third-order valence-electron chi connectivity index (χ3n) is 4.60. The number of aromatic nitrogens is 2. The third-order valence-corrected chi connectivity index (χ3v) is 4.60. The van der Waals surface area contributed by atoms with Gasteiger partial charge in [-0.05, 0) is 28.9 Å². The molecule has 1 aromatic carbocycles. The van der Waals surface area contributed by atoms with Gasteiger partial charge in [0, 0.05) is 42.6 Å². The van der Waals surface area contributed by atoms with Crippen LogP contribution in [0.5, 0.6) is 0 Å². The molecule has 0 amide bonds. The Balaban J connectivity index is 1.90. The normalized spacial score (nSPS) is 16.6. The minimum atomic E-state index is -0.0778. The van der Waals surface area contributed by atoms with Gasteiger partial charge in [0.2, 0.25) is 0 Å². The zero-order chi connectivity index (χ0) is 17.1. The predicted molar refractivity (Wildman–Crippen MR) is 95.7 cm³/mol. The van der Waals surface area contributed by atoms with E-state index in [9.17, 15) is 4.91 Å². The maximum absolute atomic E-state index is 11.7. The van der Waals surface area contributed by atoms with Gasteiger partial charge in [-0.25, -0.2) is 0 Å². The quantitative estimate of drug-likeness (QED) is 0.684. The lowest BCUT2D eigenvalue weighted by Crippen LogP contribution is -2.39. The monoisotopic (exact) mass is 334 g/mol. The molecular weight excluding hydrogens is 316 g/mol. The molecule has 6 nitrogen and oxygen atoms in total. The highest BCUT2D eigenvalue weighted by Crippen LogP contribution is 2.38. The lowest BCUT2D eigenvalue weighted by atomic mass is 9.94. The van der Waals surface area contributed by atoms with Crippen LogP contribution in [-0.2, 0) is 4.74 Å². The summed E-state index contributed by atoms with van der Waals surface area (Å²) in [5.41, 5.74) is 3.00. The van der Waals surface area contributed by atoms with Crippen LogP contribution >= 0.6 is 0 Å². The average Bonchev–Trinajstić information content (AvgIpc) is 2.69. The Morgan fingerprint density at radius 1 is 1.04 bits per heavy atom. The molecule has 3 heterocycles. The van der Waals surface area contributed by atoms with Gasteiger partial charge in [-0.2, -0.15) is 0 Å². The molecule has 25 heavy (non-hydrogen) atoms. The van der Waals surface area contributed by atoms with Crippen LogP contribution in [-0.4, -0.2) is 41.2 Å². The number of benzene rings is 1. The average molecular weight is 334 g/mol. The molecule has 1 aliphatic heterocycles. The van der Waals surface area contributed by atoms with Gasteiger partial charge in [-0.3, -0.25) is 14.9 Å². The van der Waals surface area contributed by atoms with Crippen molar-refractivity contribution in [2.75, 3.05) is 26.3 Å². The van der Waals surface area contributed by atoms with E-state index in [0.717, 1.165) is 29.6 Å². The SMILES string of the molecule is O=Nc1c(C(c2ccncc2)N2CCOCC2)ccc2cccnc12. The van der Waals surface area contributed by atoms with E-state index >= 15 is 0 Å². The fraction of sp³-hybridized carbons (Fsp3) is 0.263. The molecule has 0 radical (unpaired) electrons. The summed E-state index contributed by atoms with van der Waals surface area (Å²) in [6, 6.07) is 11.7. The van der Waals surface area contributed by atoms with E-state index < -0.39 is 0 Å². The summed E-state index contributed by atoms with van der Waals surface area (Å²) < 4.78 is 5.50. The first-order valence-electron chi connectivity index (χ1n) is 8.31. The zero-order valence-corrected chi connectivity index (χ0v) is 13.7. The molecule has 6 heteroatoms. The first-order valence-corrected chi connectivity index (χ1v) is 8.31. The number of nitrogens with zero attached hydrogens (tertiary/aromatic N) is 4. The molecule has 3 aromatic rings. The minimum Gasteiger partial charge on any atom is -0.379 e. The Morgan fingerprint density at radius 3 is 2.60 bits per heavy atom. The summed E-state index contributed by atoms with van der Waals surface area (Å²) >= 11 is 0. The Hall–Kier alpha value is -2.70. The van der Waals surface area contributed by atoms with Crippen molar-refractivity contribution < 1.29 is 4.74 Å². The summed E-state index contributed by atoms with van der Waals surface area (Å²) in [6.07, 6.45) is 5.24. The Bertz CT molecular complexity index is 879. The molecule has 0 saturated carbocycles. The van der Waals surface area contributed by atoms with E-state index in [1.807, 2.05) is 36.4 Å².